The molecule has 3 aliphatic carbocycles. The first-order chi connectivity index (χ1) is 14.0. The molecule has 7 heteroatoms. The van der Waals surface area contributed by atoms with E-state index in [2.05, 4.69) is 22.9 Å². The molecular formula is C22H39N3O4. The van der Waals surface area contributed by atoms with Gasteiger partial charge in [-0.2, -0.15) is 0 Å². The molecule has 3 atom stereocenters. The molecule has 3 unspecified atom stereocenters. The zero-order valence-corrected chi connectivity index (χ0v) is 18.1. The van der Waals surface area contributed by atoms with Crippen LogP contribution in [0.4, 0.5) is 9.59 Å². The molecule has 3 rings (SSSR count). The van der Waals surface area contributed by atoms with Gasteiger partial charge in [0.25, 0.3) is 0 Å². The van der Waals surface area contributed by atoms with Gasteiger partial charge in [-0.05, 0) is 76.5 Å². The van der Waals surface area contributed by atoms with Crippen molar-refractivity contribution in [2.45, 2.75) is 114 Å². The van der Waals surface area contributed by atoms with Crippen molar-refractivity contribution in [2.24, 2.45) is 5.92 Å². The third-order valence-corrected chi connectivity index (χ3v) is 7.00. The Morgan fingerprint density at radius 2 is 1.45 bits per heavy atom. The maximum Gasteiger partial charge on any atom is 0.407 e. The van der Waals surface area contributed by atoms with Crippen LogP contribution >= 0.6 is 0 Å². The van der Waals surface area contributed by atoms with Gasteiger partial charge >= 0.3 is 12.1 Å². The molecule has 0 saturated heterocycles. The number of amides is 3. The third-order valence-electron chi connectivity index (χ3n) is 7.00. The SMILES string of the molecule is COC1CCC(NC(=O)NC2CC(NC(=O)OC3CCCCC3)CCC2C)CC1. The zero-order valence-electron chi connectivity index (χ0n) is 18.1. The van der Waals surface area contributed by atoms with Crippen molar-refractivity contribution in [3.8, 4) is 0 Å². The van der Waals surface area contributed by atoms with E-state index in [1.54, 1.807) is 7.11 Å². The van der Waals surface area contributed by atoms with Crippen LogP contribution in [0.25, 0.3) is 0 Å². The van der Waals surface area contributed by atoms with Crippen molar-refractivity contribution in [2.75, 3.05) is 7.11 Å². The predicted octanol–water partition coefficient (Wildman–Crippen LogP) is 3.86. The summed E-state index contributed by atoms with van der Waals surface area (Å²) in [5.74, 6) is 0.400. The third kappa shape index (κ3) is 7.05. The number of ether oxygens (including phenoxy) is 2. The molecule has 29 heavy (non-hydrogen) atoms. The van der Waals surface area contributed by atoms with E-state index in [1.165, 1.54) is 6.42 Å². The van der Waals surface area contributed by atoms with E-state index in [9.17, 15) is 9.59 Å². The first-order valence-electron chi connectivity index (χ1n) is 11.6. The summed E-state index contributed by atoms with van der Waals surface area (Å²) >= 11 is 0. The van der Waals surface area contributed by atoms with E-state index in [0.29, 0.717) is 12.0 Å². The Morgan fingerprint density at radius 1 is 0.759 bits per heavy atom. The predicted molar refractivity (Wildman–Crippen MR) is 112 cm³/mol. The average Bonchev–Trinajstić information content (AvgIpc) is 2.71. The van der Waals surface area contributed by atoms with E-state index >= 15 is 0 Å². The average molecular weight is 410 g/mol. The largest absolute Gasteiger partial charge is 0.446 e. The van der Waals surface area contributed by atoms with Gasteiger partial charge in [0.2, 0.25) is 0 Å². The Hall–Kier alpha value is -1.50. The minimum Gasteiger partial charge on any atom is -0.446 e. The van der Waals surface area contributed by atoms with Gasteiger partial charge in [0.05, 0.1) is 6.10 Å². The summed E-state index contributed by atoms with van der Waals surface area (Å²) in [5, 5.41) is 9.31. The number of hydrogen-bond acceptors (Lipinski definition) is 4. The molecule has 0 aliphatic heterocycles. The summed E-state index contributed by atoms with van der Waals surface area (Å²) in [6.45, 7) is 2.17. The number of carbonyl (C=O) groups excluding carboxylic acids is 2. The molecule has 0 bridgehead atoms. The van der Waals surface area contributed by atoms with Gasteiger partial charge in [-0.1, -0.05) is 13.3 Å². The molecule has 3 fully saturated rings. The second-order valence-corrected chi connectivity index (χ2v) is 9.23. The van der Waals surface area contributed by atoms with Crippen LogP contribution in [0.3, 0.4) is 0 Å². The molecule has 0 aromatic carbocycles. The highest BCUT2D eigenvalue weighted by Crippen LogP contribution is 2.26. The molecule has 3 N–H and O–H groups in total. The molecule has 0 heterocycles. The van der Waals surface area contributed by atoms with Gasteiger partial charge in [0.15, 0.2) is 0 Å². The van der Waals surface area contributed by atoms with Crippen LogP contribution in [0.15, 0.2) is 0 Å². The lowest BCUT2D eigenvalue weighted by atomic mass is 9.83. The first kappa shape index (κ1) is 22.2. The quantitative estimate of drug-likeness (QED) is 0.643. The summed E-state index contributed by atoms with van der Waals surface area (Å²) in [4.78, 5) is 24.8. The van der Waals surface area contributed by atoms with Gasteiger partial charge in [-0.3, -0.25) is 0 Å². The number of rotatable bonds is 5. The van der Waals surface area contributed by atoms with Crippen LogP contribution in [-0.2, 0) is 9.47 Å². The van der Waals surface area contributed by atoms with E-state index in [-0.39, 0.29) is 36.4 Å². The highest BCUT2D eigenvalue weighted by molar-refractivity contribution is 5.74. The number of carbonyl (C=O) groups is 2. The van der Waals surface area contributed by atoms with Crippen molar-refractivity contribution in [1.82, 2.24) is 16.0 Å². The number of alkyl carbamates (subject to hydrolysis) is 1. The molecular weight excluding hydrogens is 370 g/mol. The van der Waals surface area contributed by atoms with E-state index < -0.39 is 0 Å². The van der Waals surface area contributed by atoms with Gasteiger partial charge < -0.3 is 25.4 Å². The lowest BCUT2D eigenvalue weighted by Gasteiger charge is -2.36. The molecule has 0 radical (unpaired) electrons. The molecule has 0 aromatic heterocycles. The lowest BCUT2D eigenvalue weighted by Crippen LogP contribution is -2.53. The maximum absolute atomic E-state index is 12.5. The number of nitrogens with one attached hydrogen (secondary N) is 3. The Kier molecular flexibility index (Phi) is 8.45. The van der Waals surface area contributed by atoms with Crippen LogP contribution in [0.2, 0.25) is 0 Å². The maximum atomic E-state index is 12.5. The van der Waals surface area contributed by atoms with Crippen molar-refractivity contribution in [3.05, 3.63) is 0 Å². The fourth-order valence-corrected chi connectivity index (χ4v) is 5.03. The normalized spacial score (nSPS) is 33.5. The topological polar surface area (TPSA) is 88.7 Å². The van der Waals surface area contributed by atoms with Gasteiger partial charge in [0, 0.05) is 25.2 Å². The zero-order chi connectivity index (χ0) is 20.6. The van der Waals surface area contributed by atoms with Gasteiger partial charge in [-0.15, -0.1) is 0 Å². The van der Waals surface area contributed by atoms with Crippen LogP contribution < -0.4 is 16.0 Å². The Bertz CT molecular complexity index is 530. The van der Waals surface area contributed by atoms with Gasteiger partial charge in [0.1, 0.15) is 6.10 Å². The van der Waals surface area contributed by atoms with Crippen LogP contribution in [0.5, 0.6) is 0 Å². The molecule has 3 amide bonds. The molecule has 3 saturated carbocycles. The number of urea groups is 1. The Balaban J connectivity index is 1.39. The number of methoxy groups -OCH3 is 1. The molecule has 7 nitrogen and oxygen atoms in total. The fraction of sp³-hybridized carbons (Fsp3) is 0.909. The standard InChI is InChI=1S/C22H39N3O4/c1-15-8-9-17(24-22(27)29-19-6-4-3-5-7-19)14-20(15)25-21(26)23-16-10-12-18(28-2)13-11-16/h15-20H,3-14H2,1-2H3,(H,24,27)(H2,23,25,26). The van der Waals surface area contributed by atoms with Crippen molar-refractivity contribution in [1.29, 1.82) is 0 Å². The summed E-state index contributed by atoms with van der Waals surface area (Å²) in [7, 11) is 1.75. The first-order valence-corrected chi connectivity index (χ1v) is 11.6. The van der Waals surface area contributed by atoms with E-state index in [0.717, 1.165) is 70.6 Å². The van der Waals surface area contributed by atoms with Crippen molar-refractivity contribution >= 4 is 12.1 Å². The minimum absolute atomic E-state index is 0.0599. The Morgan fingerprint density at radius 3 is 2.14 bits per heavy atom. The summed E-state index contributed by atoms with van der Waals surface area (Å²) in [6.07, 6.45) is 12.2. The highest BCUT2D eigenvalue weighted by Gasteiger charge is 2.31. The van der Waals surface area contributed by atoms with Crippen molar-refractivity contribution < 1.29 is 19.1 Å². The van der Waals surface area contributed by atoms with E-state index in [1.807, 2.05) is 0 Å². The van der Waals surface area contributed by atoms with Crippen LogP contribution in [0.1, 0.15) is 84.0 Å². The monoisotopic (exact) mass is 409 g/mol. The summed E-state index contributed by atoms with van der Waals surface area (Å²) in [5.41, 5.74) is 0. The summed E-state index contributed by atoms with van der Waals surface area (Å²) in [6, 6.07) is 0.261. The smallest absolute Gasteiger partial charge is 0.407 e. The molecule has 0 aromatic rings. The minimum atomic E-state index is -0.297. The number of hydrogen-bond donors (Lipinski definition) is 3. The van der Waals surface area contributed by atoms with Gasteiger partial charge in [-0.25, -0.2) is 9.59 Å². The van der Waals surface area contributed by atoms with Crippen molar-refractivity contribution in [3.63, 3.8) is 0 Å². The Labute approximate surface area is 175 Å². The molecule has 0 spiro atoms. The second-order valence-electron chi connectivity index (χ2n) is 9.23. The molecule has 3 aliphatic rings. The second kappa shape index (κ2) is 11.0. The molecule has 166 valence electrons. The lowest BCUT2D eigenvalue weighted by molar-refractivity contribution is 0.0632. The van der Waals surface area contributed by atoms with Crippen LogP contribution in [-0.4, -0.2) is 49.6 Å². The highest BCUT2D eigenvalue weighted by atomic mass is 16.6. The van der Waals surface area contributed by atoms with E-state index in [4.69, 9.17) is 9.47 Å². The van der Waals surface area contributed by atoms with Crippen LogP contribution in [0, 0.1) is 5.92 Å². The fourth-order valence-electron chi connectivity index (χ4n) is 5.03. The summed E-state index contributed by atoms with van der Waals surface area (Å²) < 4.78 is 11.0.